The third-order valence-corrected chi connectivity index (χ3v) is 6.10. The Labute approximate surface area is 124 Å². The van der Waals surface area contributed by atoms with Crippen LogP contribution in [0.4, 0.5) is 0 Å². The molecule has 0 radical (unpaired) electrons. The van der Waals surface area contributed by atoms with E-state index < -0.39 is 0 Å². The van der Waals surface area contributed by atoms with Gasteiger partial charge in [-0.3, -0.25) is 9.80 Å². The van der Waals surface area contributed by atoms with Crippen LogP contribution in [0.15, 0.2) is 0 Å². The van der Waals surface area contributed by atoms with Crippen molar-refractivity contribution >= 4 is 0 Å². The molecule has 3 fully saturated rings. The van der Waals surface area contributed by atoms with Crippen molar-refractivity contribution in [1.82, 2.24) is 9.80 Å². The SMILES string of the molecule is CC1CCCC(C(CN)N2CCN3CCCCC3C2)C1. The summed E-state index contributed by atoms with van der Waals surface area (Å²) in [7, 11) is 0. The Bertz CT molecular complexity index is 307. The number of nitrogens with zero attached hydrogens (tertiary/aromatic N) is 2. The molecule has 0 bridgehead atoms. The molecule has 0 spiro atoms. The molecular formula is C17H33N3. The van der Waals surface area contributed by atoms with E-state index >= 15 is 0 Å². The minimum atomic E-state index is 0.654. The highest BCUT2D eigenvalue weighted by molar-refractivity contribution is 4.91. The van der Waals surface area contributed by atoms with Gasteiger partial charge in [0.1, 0.15) is 0 Å². The number of nitrogens with two attached hydrogens (primary N) is 1. The number of piperazine rings is 1. The maximum Gasteiger partial charge on any atom is 0.0247 e. The second kappa shape index (κ2) is 6.76. The van der Waals surface area contributed by atoms with Crippen molar-refractivity contribution in [3.8, 4) is 0 Å². The van der Waals surface area contributed by atoms with Gasteiger partial charge in [0.25, 0.3) is 0 Å². The molecule has 20 heavy (non-hydrogen) atoms. The summed E-state index contributed by atoms with van der Waals surface area (Å²) >= 11 is 0. The first-order chi connectivity index (χ1) is 9.78. The van der Waals surface area contributed by atoms with Gasteiger partial charge in [0, 0.05) is 38.3 Å². The van der Waals surface area contributed by atoms with E-state index in [1.165, 1.54) is 71.1 Å². The van der Waals surface area contributed by atoms with Crippen LogP contribution in [0.2, 0.25) is 0 Å². The summed E-state index contributed by atoms with van der Waals surface area (Å²) in [4.78, 5) is 5.49. The lowest BCUT2D eigenvalue weighted by Gasteiger charge is -2.48. The summed E-state index contributed by atoms with van der Waals surface area (Å²) in [5.41, 5.74) is 6.19. The minimum Gasteiger partial charge on any atom is -0.329 e. The Morgan fingerprint density at radius 2 is 1.95 bits per heavy atom. The van der Waals surface area contributed by atoms with E-state index in [1.54, 1.807) is 0 Å². The van der Waals surface area contributed by atoms with Crippen molar-refractivity contribution in [2.45, 2.75) is 64.0 Å². The van der Waals surface area contributed by atoms with E-state index in [0.717, 1.165) is 24.4 Å². The summed E-state index contributed by atoms with van der Waals surface area (Å²) in [6.07, 6.45) is 9.94. The van der Waals surface area contributed by atoms with Crippen molar-refractivity contribution in [3.63, 3.8) is 0 Å². The number of fused-ring (bicyclic) bond motifs is 1. The van der Waals surface area contributed by atoms with Crippen molar-refractivity contribution in [1.29, 1.82) is 0 Å². The lowest BCUT2D eigenvalue weighted by atomic mass is 9.77. The van der Waals surface area contributed by atoms with E-state index in [2.05, 4.69) is 16.7 Å². The van der Waals surface area contributed by atoms with Gasteiger partial charge in [-0.25, -0.2) is 0 Å². The van der Waals surface area contributed by atoms with E-state index in [9.17, 15) is 0 Å². The van der Waals surface area contributed by atoms with E-state index in [-0.39, 0.29) is 0 Å². The van der Waals surface area contributed by atoms with Crippen LogP contribution in [0, 0.1) is 11.8 Å². The Morgan fingerprint density at radius 3 is 2.75 bits per heavy atom. The van der Waals surface area contributed by atoms with Gasteiger partial charge < -0.3 is 5.73 Å². The van der Waals surface area contributed by atoms with Crippen LogP contribution in [0.1, 0.15) is 51.9 Å². The standard InChI is InChI=1S/C17H33N3/c1-14-5-4-6-15(11-14)17(12-18)20-10-9-19-8-3-2-7-16(19)13-20/h14-17H,2-13,18H2,1H3. The molecule has 3 aliphatic rings. The van der Waals surface area contributed by atoms with Gasteiger partial charge >= 0.3 is 0 Å². The van der Waals surface area contributed by atoms with Crippen LogP contribution in [0.5, 0.6) is 0 Å². The second-order valence-corrected chi connectivity index (χ2v) is 7.52. The Hall–Kier alpha value is -0.120. The lowest BCUT2D eigenvalue weighted by Crippen LogP contribution is -2.60. The van der Waals surface area contributed by atoms with Crippen LogP contribution in [0.3, 0.4) is 0 Å². The summed E-state index contributed by atoms with van der Waals surface area (Å²) in [6.45, 7) is 8.45. The molecule has 4 atom stereocenters. The third kappa shape index (κ3) is 3.20. The topological polar surface area (TPSA) is 32.5 Å². The summed E-state index contributed by atoms with van der Waals surface area (Å²) in [5, 5.41) is 0. The Kier molecular flexibility index (Phi) is 5.00. The molecule has 0 aromatic rings. The van der Waals surface area contributed by atoms with Crippen LogP contribution in [-0.4, -0.2) is 54.6 Å². The van der Waals surface area contributed by atoms with Crippen LogP contribution < -0.4 is 5.73 Å². The molecular weight excluding hydrogens is 246 g/mol. The quantitative estimate of drug-likeness (QED) is 0.860. The number of hydrogen-bond acceptors (Lipinski definition) is 3. The zero-order valence-corrected chi connectivity index (χ0v) is 13.3. The fourth-order valence-corrected chi connectivity index (χ4v) is 4.95. The first-order valence-electron chi connectivity index (χ1n) is 8.96. The molecule has 0 aromatic carbocycles. The van der Waals surface area contributed by atoms with Gasteiger partial charge in [-0.1, -0.05) is 26.2 Å². The normalized spacial score (nSPS) is 38.4. The molecule has 3 rings (SSSR count). The van der Waals surface area contributed by atoms with Crippen LogP contribution >= 0.6 is 0 Å². The predicted molar refractivity (Wildman–Crippen MR) is 84.7 cm³/mol. The van der Waals surface area contributed by atoms with E-state index in [4.69, 9.17) is 5.73 Å². The Morgan fingerprint density at radius 1 is 1.05 bits per heavy atom. The molecule has 1 saturated carbocycles. The zero-order valence-electron chi connectivity index (χ0n) is 13.3. The molecule has 0 amide bonds. The largest absolute Gasteiger partial charge is 0.329 e. The van der Waals surface area contributed by atoms with Crippen LogP contribution in [0.25, 0.3) is 0 Å². The van der Waals surface area contributed by atoms with Crippen molar-refractivity contribution < 1.29 is 0 Å². The second-order valence-electron chi connectivity index (χ2n) is 7.52. The maximum absolute atomic E-state index is 6.19. The highest BCUT2D eigenvalue weighted by Crippen LogP contribution is 2.33. The number of piperidine rings is 1. The zero-order chi connectivity index (χ0) is 13.9. The molecule has 2 N–H and O–H groups in total. The van der Waals surface area contributed by atoms with Gasteiger partial charge in [-0.05, 0) is 44.1 Å². The molecule has 116 valence electrons. The molecule has 3 nitrogen and oxygen atoms in total. The monoisotopic (exact) mass is 279 g/mol. The van der Waals surface area contributed by atoms with Crippen molar-refractivity contribution in [2.75, 3.05) is 32.7 Å². The first-order valence-corrected chi connectivity index (χ1v) is 8.96. The predicted octanol–water partition coefficient (Wildman–Crippen LogP) is 2.31. The molecule has 2 aliphatic heterocycles. The average Bonchev–Trinajstić information content (AvgIpc) is 2.48. The van der Waals surface area contributed by atoms with Crippen molar-refractivity contribution in [3.05, 3.63) is 0 Å². The number of hydrogen-bond donors (Lipinski definition) is 1. The average molecular weight is 279 g/mol. The molecule has 2 heterocycles. The minimum absolute atomic E-state index is 0.654. The smallest absolute Gasteiger partial charge is 0.0247 e. The molecule has 4 unspecified atom stereocenters. The molecule has 1 aliphatic carbocycles. The highest BCUT2D eigenvalue weighted by Gasteiger charge is 2.35. The van der Waals surface area contributed by atoms with Crippen molar-refractivity contribution in [2.24, 2.45) is 17.6 Å². The van der Waals surface area contributed by atoms with Gasteiger partial charge in [0.2, 0.25) is 0 Å². The highest BCUT2D eigenvalue weighted by atomic mass is 15.3. The molecule has 2 saturated heterocycles. The first kappa shape index (κ1) is 14.8. The molecule has 3 heteroatoms. The van der Waals surface area contributed by atoms with Crippen LogP contribution in [-0.2, 0) is 0 Å². The summed E-state index contributed by atoms with van der Waals surface area (Å²) in [5.74, 6) is 1.78. The fraction of sp³-hybridized carbons (Fsp3) is 1.00. The van der Waals surface area contributed by atoms with E-state index in [1.807, 2.05) is 0 Å². The third-order valence-electron chi connectivity index (χ3n) is 6.10. The summed E-state index contributed by atoms with van der Waals surface area (Å²) in [6, 6.07) is 1.48. The maximum atomic E-state index is 6.19. The van der Waals surface area contributed by atoms with Gasteiger partial charge in [-0.15, -0.1) is 0 Å². The Balaban J connectivity index is 1.61. The van der Waals surface area contributed by atoms with Gasteiger partial charge in [-0.2, -0.15) is 0 Å². The molecule has 0 aromatic heterocycles. The van der Waals surface area contributed by atoms with Gasteiger partial charge in [0.05, 0.1) is 0 Å². The van der Waals surface area contributed by atoms with E-state index in [0.29, 0.717) is 6.04 Å². The summed E-state index contributed by atoms with van der Waals surface area (Å²) < 4.78 is 0. The number of rotatable bonds is 3. The van der Waals surface area contributed by atoms with Gasteiger partial charge in [0.15, 0.2) is 0 Å². The fourth-order valence-electron chi connectivity index (χ4n) is 4.95. The lowest BCUT2D eigenvalue weighted by molar-refractivity contribution is 0.00646.